The van der Waals surface area contributed by atoms with E-state index in [0.717, 1.165) is 28.0 Å². The molecule has 2 aliphatic rings. The molecular weight excluding hydrogens is 426 g/mol. The number of aryl methyl sites for hydroxylation is 1. The van der Waals surface area contributed by atoms with Crippen LogP contribution in [-0.2, 0) is 9.59 Å². The molecule has 0 saturated carbocycles. The van der Waals surface area contributed by atoms with Gasteiger partial charge in [-0.25, -0.2) is 9.69 Å². The van der Waals surface area contributed by atoms with Crippen LogP contribution in [0.2, 0.25) is 0 Å². The lowest BCUT2D eigenvalue weighted by atomic mass is 9.78. The summed E-state index contributed by atoms with van der Waals surface area (Å²) in [6.45, 7) is 14.9. The molecule has 2 heterocycles. The van der Waals surface area contributed by atoms with Crippen LogP contribution >= 0.6 is 0 Å². The van der Waals surface area contributed by atoms with E-state index < -0.39 is 17.8 Å². The first-order valence-corrected chi connectivity index (χ1v) is 11.8. The van der Waals surface area contributed by atoms with Crippen LogP contribution in [0, 0.1) is 13.8 Å². The normalized spacial score (nSPS) is 21.2. The quantitative estimate of drug-likeness (QED) is 0.488. The van der Waals surface area contributed by atoms with Gasteiger partial charge in [0.15, 0.2) is 0 Å². The smallest absolute Gasteiger partial charge is 0.335 e. The molecule has 0 bridgehead atoms. The number of rotatable bonds is 3. The highest BCUT2D eigenvalue weighted by atomic mass is 16.2. The summed E-state index contributed by atoms with van der Waals surface area (Å²) in [7, 11) is 0. The van der Waals surface area contributed by atoms with Crippen molar-refractivity contribution >= 4 is 35.3 Å². The Balaban J connectivity index is 1.76. The summed E-state index contributed by atoms with van der Waals surface area (Å²) in [5.41, 5.74) is 5.40. The van der Waals surface area contributed by atoms with Gasteiger partial charge in [0.05, 0.1) is 5.69 Å². The third-order valence-electron chi connectivity index (χ3n) is 7.05. The summed E-state index contributed by atoms with van der Waals surface area (Å²) < 4.78 is 0. The van der Waals surface area contributed by atoms with E-state index in [0.29, 0.717) is 17.6 Å². The second-order valence-corrected chi connectivity index (χ2v) is 10.4. The van der Waals surface area contributed by atoms with Gasteiger partial charge in [0, 0.05) is 17.3 Å². The maximum atomic E-state index is 13.4. The third-order valence-corrected chi connectivity index (χ3v) is 7.05. The van der Waals surface area contributed by atoms with Gasteiger partial charge in [-0.1, -0.05) is 25.1 Å². The van der Waals surface area contributed by atoms with Crippen molar-refractivity contribution in [3.63, 3.8) is 0 Å². The Hall–Kier alpha value is -3.41. The minimum atomic E-state index is -0.727. The molecule has 178 valence electrons. The van der Waals surface area contributed by atoms with Crippen LogP contribution in [-0.4, -0.2) is 29.4 Å². The monoisotopic (exact) mass is 459 g/mol. The van der Waals surface area contributed by atoms with Gasteiger partial charge in [-0.3, -0.25) is 14.9 Å². The topological polar surface area (TPSA) is 69.7 Å². The van der Waals surface area contributed by atoms with Crippen molar-refractivity contribution in [1.82, 2.24) is 5.32 Å². The molecule has 0 spiro atoms. The van der Waals surface area contributed by atoms with Crippen molar-refractivity contribution in [3.8, 4) is 0 Å². The highest BCUT2D eigenvalue weighted by Crippen LogP contribution is 2.44. The number of hydrogen-bond donors (Lipinski definition) is 1. The number of nitrogens with zero attached hydrogens (tertiary/aromatic N) is 2. The van der Waals surface area contributed by atoms with Crippen LogP contribution in [0.3, 0.4) is 0 Å². The van der Waals surface area contributed by atoms with Gasteiger partial charge in [-0.2, -0.15) is 0 Å². The lowest BCUT2D eigenvalue weighted by molar-refractivity contribution is -0.122. The number of amides is 4. The molecular formula is C28H33N3O3. The van der Waals surface area contributed by atoms with Gasteiger partial charge in [-0.05, 0) is 100 Å². The molecule has 4 amide bonds. The van der Waals surface area contributed by atoms with Gasteiger partial charge < -0.3 is 4.90 Å². The Kier molecular flexibility index (Phi) is 5.88. The number of hydrogen-bond acceptors (Lipinski definition) is 4. The average Bonchev–Trinajstić information content (AvgIpc) is 2.73. The largest absolute Gasteiger partial charge is 0.364 e. The van der Waals surface area contributed by atoms with Crippen molar-refractivity contribution < 1.29 is 14.4 Å². The fourth-order valence-corrected chi connectivity index (χ4v) is 5.56. The first kappa shape index (κ1) is 23.7. The van der Waals surface area contributed by atoms with Crippen molar-refractivity contribution in [2.45, 2.75) is 72.4 Å². The maximum absolute atomic E-state index is 13.4. The van der Waals surface area contributed by atoms with Crippen LogP contribution in [0.4, 0.5) is 16.2 Å². The summed E-state index contributed by atoms with van der Waals surface area (Å²) in [4.78, 5) is 42.1. The lowest BCUT2D eigenvalue weighted by Crippen LogP contribution is -2.54. The van der Waals surface area contributed by atoms with E-state index in [1.54, 1.807) is 18.2 Å². The minimum absolute atomic E-state index is 0.0341. The summed E-state index contributed by atoms with van der Waals surface area (Å²) in [6.07, 6.45) is 2.60. The Morgan fingerprint density at radius 3 is 2.44 bits per heavy atom. The van der Waals surface area contributed by atoms with Crippen LogP contribution in [0.5, 0.6) is 0 Å². The lowest BCUT2D eigenvalue weighted by Gasteiger charge is -2.50. The molecule has 6 nitrogen and oxygen atoms in total. The van der Waals surface area contributed by atoms with E-state index in [2.05, 4.69) is 57.0 Å². The number of carbonyl (C=O) groups is 3. The molecule has 1 atom stereocenters. The number of benzene rings is 2. The zero-order valence-electron chi connectivity index (χ0n) is 21.0. The number of urea groups is 1. The number of barbiturate groups is 1. The maximum Gasteiger partial charge on any atom is 0.335 e. The molecule has 2 aliphatic heterocycles. The van der Waals surface area contributed by atoms with E-state index in [9.17, 15) is 14.4 Å². The molecule has 0 aromatic heterocycles. The summed E-state index contributed by atoms with van der Waals surface area (Å²) in [5, 5.41) is 2.33. The van der Waals surface area contributed by atoms with Crippen LogP contribution < -0.4 is 15.1 Å². The number of carbonyl (C=O) groups excluding carboxylic acids is 3. The Morgan fingerprint density at radius 2 is 1.76 bits per heavy atom. The summed E-state index contributed by atoms with van der Waals surface area (Å²) in [6, 6.07) is 11.1. The van der Waals surface area contributed by atoms with E-state index in [-0.39, 0.29) is 11.1 Å². The van der Waals surface area contributed by atoms with Gasteiger partial charge in [0.2, 0.25) is 0 Å². The van der Waals surface area contributed by atoms with E-state index in [1.807, 2.05) is 26.0 Å². The van der Waals surface area contributed by atoms with E-state index >= 15 is 0 Å². The zero-order chi connectivity index (χ0) is 24.9. The van der Waals surface area contributed by atoms with E-state index in [1.165, 1.54) is 11.3 Å². The van der Waals surface area contributed by atoms with E-state index in [4.69, 9.17) is 0 Å². The second-order valence-electron chi connectivity index (χ2n) is 10.4. The minimum Gasteiger partial charge on any atom is -0.364 e. The van der Waals surface area contributed by atoms with Gasteiger partial charge in [0.1, 0.15) is 5.57 Å². The predicted molar refractivity (Wildman–Crippen MR) is 136 cm³/mol. The Morgan fingerprint density at radius 1 is 1.06 bits per heavy atom. The molecule has 1 saturated heterocycles. The second kappa shape index (κ2) is 8.42. The van der Waals surface area contributed by atoms with Crippen molar-refractivity contribution in [2.75, 3.05) is 9.80 Å². The SMILES string of the molecule is Cc1cccc(N2C(=O)NC(=O)/C(=C\c3ccc4c(c3)[C@@H](C)CC(C)(C)N4C(C)C)C2=O)c1C. The molecule has 0 unspecified atom stereocenters. The predicted octanol–water partition coefficient (Wildman–Crippen LogP) is 5.47. The number of nitrogens with one attached hydrogen (secondary N) is 1. The van der Waals surface area contributed by atoms with Crippen LogP contribution in [0.25, 0.3) is 6.08 Å². The van der Waals surface area contributed by atoms with Gasteiger partial charge in [-0.15, -0.1) is 0 Å². The molecule has 1 fully saturated rings. The third kappa shape index (κ3) is 3.91. The molecule has 2 aromatic rings. The fourth-order valence-electron chi connectivity index (χ4n) is 5.56. The molecule has 0 radical (unpaired) electrons. The average molecular weight is 460 g/mol. The first-order chi connectivity index (χ1) is 15.9. The van der Waals surface area contributed by atoms with Gasteiger partial charge >= 0.3 is 6.03 Å². The highest BCUT2D eigenvalue weighted by Gasteiger charge is 2.39. The molecule has 6 heteroatoms. The number of anilines is 2. The first-order valence-electron chi connectivity index (χ1n) is 11.8. The number of fused-ring (bicyclic) bond motifs is 1. The van der Waals surface area contributed by atoms with Crippen molar-refractivity contribution in [2.24, 2.45) is 0 Å². The highest BCUT2D eigenvalue weighted by molar-refractivity contribution is 6.39. The molecule has 0 aliphatic carbocycles. The summed E-state index contributed by atoms with van der Waals surface area (Å²) in [5.74, 6) is -0.951. The fraction of sp³-hybridized carbons (Fsp3) is 0.393. The molecule has 2 aromatic carbocycles. The van der Waals surface area contributed by atoms with Crippen LogP contribution in [0.1, 0.15) is 69.2 Å². The summed E-state index contributed by atoms with van der Waals surface area (Å²) >= 11 is 0. The van der Waals surface area contributed by atoms with Crippen molar-refractivity contribution in [1.29, 1.82) is 0 Å². The Labute approximate surface area is 201 Å². The molecule has 34 heavy (non-hydrogen) atoms. The van der Waals surface area contributed by atoms with Gasteiger partial charge in [0.25, 0.3) is 11.8 Å². The molecule has 1 N–H and O–H groups in total. The standard InChI is InChI=1S/C28H33N3O3/c1-16(2)31-24-12-11-20(13-21(24)18(4)15-28(31,6)7)14-22-25(32)29-27(34)30(26(22)33)23-10-8-9-17(3)19(23)5/h8-14,16,18H,15H2,1-7H3,(H,29,32,34)/b22-14+/t18-/m0/s1. The Bertz CT molecular complexity index is 1230. The van der Waals surface area contributed by atoms with Crippen molar-refractivity contribution in [3.05, 3.63) is 64.2 Å². The van der Waals surface area contributed by atoms with Crippen LogP contribution in [0.15, 0.2) is 42.0 Å². The molecule has 4 rings (SSSR count). The number of imide groups is 2. The zero-order valence-corrected chi connectivity index (χ0v) is 21.0.